The van der Waals surface area contributed by atoms with Crippen molar-refractivity contribution in [3.8, 4) is 5.75 Å². The average Bonchev–Trinajstić information content (AvgIpc) is 2.34. The molecule has 1 aromatic rings. The fraction of sp³-hybridized carbons (Fsp3) is 0.500. The van der Waals surface area contributed by atoms with Gasteiger partial charge < -0.3 is 20.1 Å². The Hall–Kier alpha value is -1.75. The molecule has 0 bridgehead atoms. The van der Waals surface area contributed by atoms with Crippen LogP contribution in [0.3, 0.4) is 0 Å². The normalized spacial score (nSPS) is 17.0. The molecule has 5 heteroatoms. The Balaban J connectivity index is 1.92. The largest absolute Gasteiger partial charge is 0.497 e. The van der Waals surface area contributed by atoms with Crippen LogP contribution in [0, 0.1) is 5.92 Å². The first kappa shape index (κ1) is 13.7. The Kier molecular flexibility index (Phi) is 3.66. The summed E-state index contributed by atoms with van der Waals surface area (Å²) in [6.45, 7) is 4.66. The van der Waals surface area contributed by atoms with E-state index in [1.807, 2.05) is 26.0 Å². The molecular formula is C14H20N2O3. The van der Waals surface area contributed by atoms with E-state index in [9.17, 15) is 9.90 Å². The Morgan fingerprint density at radius 3 is 2.74 bits per heavy atom. The molecule has 1 saturated heterocycles. The van der Waals surface area contributed by atoms with E-state index in [1.54, 1.807) is 24.1 Å². The van der Waals surface area contributed by atoms with Gasteiger partial charge in [0.2, 0.25) is 0 Å². The van der Waals surface area contributed by atoms with E-state index in [1.165, 1.54) is 0 Å². The monoisotopic (exact) mass is 264 g/mol. The maximum Gasteiger partial charge on any atom is 0.322 e. The minimum absolute atomic E-state index is 0.147. The highest BCUT2D eigenvalue weighted by Crippen LogP contribution is 2.29. The van der Waals surface area contributed by atoms with Gasteiger partial charge in [0.1, 0.15) is 11.4 Å². The number of hydrogen-bond acceptors (Lipinski definition) is 3. The molecule has 0 spiro atoms. The van der Waals surface area contributed by atoms with Gasteiger partial charge in [0.05, 0.1) is 20.2 Å². The van der Waals surface area contributed by atoms with Crippen LogP contribution in [0.25, 0.3) is 0 Å². The van der Waals surface area contributed by atoms with Gasteiger partial charge in [-0.3, -0.25) is 0 Å². The van der Waals surface area contributed by atoms with Crippen LogP contribution in [0.5, 0.6) is 5.75 Å². The van der Waals surface area contributed by atoms with E-state index in [4.69, 9.17) is 4.74 Å². The first-order chi connectivity index (χ1) is 8.94. The molecular weight excluding hydrogens is 244 g/mol. The number of likely N-dealkylation sites (tertiary alicyclic amines) is 1. The lowest BCUT2D eigenvalue weighted by Gasteiger charge is -2.48. The Morgan fingerprint density at radius 2 is 2.16 bits per heavy atom. The first-order valence-electron chi connectivity index (χ1n) is 6.37. The molecule has 5 nitrogen and oxygen atoms in total. The summed E-state index contributed by atoms with van der Waals surface area (Å²) in [5, 5.41) is 12.9. The van der Waals surface area contributed by atoms with E-state index in [0.717, 1.165) is 0 Å². The van der Waals surface area contributed by atoms with Crippen LogP contribution in [-0.4, -0.2) is 41.8 Å². The number of amides is 2. The summed E-state index contributed by atoms with van der Waals surface area (Å²) in [7, 11) is 1.58. The van der Waals surface area contributed by atoms with Gasteiger partial charge in [-0.2, -0.15) is 0 Å². The predicted octanol–water partition coefficient (Wildman–Crippen LogP) is 1.93. The molecule has 1 aliphatic heterocycles. The van der Waals surface area contributed by atoms with E-state index < -0.39 is 5.60 Å². The highest BCUT2D eigenvalue weighted by Gasteiger charge is 2.45. The van der Waals surface area contributed by atoms with Crippen LogP contribution in [-0.2, 0) is 0 Å². The van der Waals surface area contributed by atoms with Crippen LogP contribution >= 0.6 is 0 Å². The number of anilines is 1. The fourth-order valence-corrected chi connectivity index (χ4v) is 2.03. The lowest BCUT2D eigenvalue weighted by Crippen LogP contribution is -2.66. The molecule has 0 aromatic heterocycles. The number of hydrogen-bond donors (Lipinski definition) is 2. The molecule has 0 saturated carbocycles. The third kappa shape index (κ3) is 2.81. The molecule has 2 rings (SSSR count). The van der Waals surface area contributed by atoms with Gasteiger partial charge in [-0.15, -0.1) is 0 Å². The Morgan fingerprint density at radius 1 is 1.47 bits per heavy atom. The van der Waals surface area contributed by atoms with Crippen LogP contribution in [0.2, 0.25) is 0 Å². The number of aliphatic hydroxyl groups is 1. The van der Waals surface area contributed by atoms with Crippen molar-refractivity contribution in [1.82, 2.24) is 4.90 Å². The lowest BCUT2D eigenvalue weighted by molar-refractivity contribution is -0.105. The van der Waals surface area contributed by atoms with Gasteiger partial charge in [-0.05, 0) is 18.1 Å². The van der Waals surface area contributed by atoms with Crippen molar-refractivity contribution in [2.75, 3.05) is 25.5 Å². The molecule has 0 aliphatic carbocycles. The minimum atomic E-state index is -0.744. The summed E-state index contributed by atoms with van der Waals surface area (Å²) in [6, 6.07) is 6.99. The second-order valence-electron chi connectivity index (χ2n) is 5.28. The average molecular weight is 264 g/mol. The summed E-state index contributed by atoms with van der Waals surface area (Å²) in [5.41, 5.74) is -0.0598. The number of carbonyl (C=O) groups excluding carboxylic acids is 1. The maximum absolute atomic E-state index is 12.0. The molecule has 104 valence electrons. The molecule has 0 atom stereocenters. The Bertz CT molecular complexity index is 468. The van der Waals surface area contributed by atoms with E-state index in [0.29, 0.717) is 24.5 Å². The topological polar surface area (TPSA) is 61.8 Å². The third-order valence-electron chi connectivity index (χ3n) is 3.61. The lowest BCUT2D eigenvalue weighted by atomic mass is 9.83. The second-order valence-corrected chi connectivity index (χ2v) is 5.28. The van der Waals surface area contributed by atoms with Gasteiger partial charge >= 0.3 is 6.03 Å². The predicted molar refractivity (Wildman–Crippen MR) is 73.4 cm³/mol. The van der Waals surface area contributed by atoms with Gasteiger partial charge in [-0.25, -0.2) is 4.79 Å². The molecule has 2 N–H and O–H groups in total. The maximum atomic E-state index is 12.0. The zero-order valence-electron chi connectivity index (χ0n) is 11.5. The van der Waals surface area contributed by atoms with Crippen molar-refractivity contribution in [3.63, 3.8) is 0 Å². The number of carbonyl (C=O) groups is 1. The van der Waals surface area contributed by atoms with Crippen molar-refractivity contribution in [2.45, 2.75) is 19.4 Å². The van der Waals surface area contributed by atoms with Crippen molar-refractivity contribution in [2.24, 2.45) is 5.92 Å². The summed E-state index contributed by atoms with van der Waals surface area (Å²) < 4.78 is 5.10. The van der Waals surface area contributed by atoms with Gasteiger partial charge in [0.25, 0.3) is 0 Å². The van der Waals surface area contributed by atoms with E-state index in [2.05, 4.69) is 5.32 Å². The van der Waals surface area contributed by atoms with Crippen molar-refractivity contribution in [1.29, 1.82) is 0 Å². The number of methoxy groups -OCH3 is 1. The fourth-order valence-electron chi connectivity index (χ4n) is 2.03. The number of nitrogens with one attached hydrogen (secondary N) is 1. The number of urea groups is 1. The molecule has 1 aromatic carbocycles. The summed E-state index contributed by atoms with van der Waals surface area (Å²) in [4.78, 5) is 13.6. The number of benzene rings is 1. The van der Waals surface area contributed by atoms with E-state index in [-0.39, 0.29) is 11.9 Å². The number of β-amino-alcohol motifs (C(OH)–C–C–N with tert-alkyl or cyclic N) is 1. The smallest absolute Gasteiger partial charge is 0.322 e. The highest BCUT2D eigenvalue weighted by atomic mass is 16.5. The molecule has 1 heterocycles. The minimum Gasteiger partial charge on any atom is -0.497 e. The van der Waals surface area contributed by atoms with Crippen molar-refractivity contribution < 1.29 is 14.6 Å². The van der Waals surface area contributed by atoms with Crippen LogP contribution in [0.1, 0.15) is 13.8 Å². The molecule has 19 heavy (non-hydrogen) atoms. The standard InChI is InChI=1S/C14H20N2O3/c1-10(2)14(18)8-16(9-14)13(17)15-11-5-4-6-12(7-11)19-3/h4-7,10,18H,8-9H2,1-3H3,(H,15,17). The zero-order valence-corrected chi connectivity index (χ0v) is 11.5. The van der Waals surface area contributed by atoms with Crippen LogP contribution < -0.4 is 10.1 Å². The van der Waals surface area contributed by atoms with Gasteiger partial charge in [0.15, 0.2) is 0 Å². The third-order valence-corrected chi connectivity index (χ3v) is 3.61. The summed E-state index contributed by atoms with van der Waals surface area (Å²) >= 11 is 0. The van der Waals surface area contributed by atoms with Gasteiger partial charge in [-0.1, -0.05) is 19.9 Å². The number of rotatable bonds is 3. The molecule has 0 radical (unpaired) electrons. The number of nitrogens with zero attached hydrogens (tertiary/aromatic N) is 1. The number of ether oxygens (including phenoxy) is 1. The van der Waals surface area contributed by atoms with Crippen molar-refractivity contribution >= 4 is 11.7 Å². The zero-order chi connectivity index (χ0) is 14.0. The van der Waals surface area contributed by atoms with Crippen molar-refractivity contribution in [3.05, 3.63) is 24.3 Å². The molecule has 1 aliphatic rings. The van der Waals surface area contributed by atoms with Crippen LogP contribution in [0.15, 0.2) is 24.3 Å². The summed E-state index contributed by atoms with van der Waals surface area (Å²) in [6.07, 6.45) is 0. The summed E-state index contributed by atoms with van der Waals surface area (Å²) in [5.74, 6) is 0.841. The Labute approximate surface area is 113 Å². The molecule has 1 fully saturated rings. The van der Waals surface area contributed by atoms with Gasteiger partial charge in [0, 0.05) is 11.8 Å². The van der Waals surface area contributed by atoms with E-state index >= 15 is 0 Å². The first-order valence-corrected chi connectivity index (χ1v) is 6.37. The molecule has 0 unspecified atom stereocenters. The molecule has 2 amide bonds. The quantitative estimate of drug-likeness (QED) is 0.877. The second kappa shape index (κ2) is 5.09. The SMILES string of the molecule is COc1cccc(NC(=O)N2CC(O)(C(C)C)C2)c1. The highest BCUT2D eigenvalue weighted by molar-refractivity contribution is 5.90. The van der Waals surface area contributed by atoms with Crippen LogP contribution in [0.4, 0.5) is 10.5 Å².